The Kier molecular flexibility index (Phi) is 5.32. The second-order valence-electron chi connectivity index (χ2n) is 7.66. The summed E-state index contributed by atoms with van der Waals surface area (Å²) in [5.41, 5.74) is 0.627. The Labute approximate surface area is 174 Å². The third-order valence-corrected chi connectivity index (χ3v) is 5.88. The maximum absolute atomic E-state index is 12.7. The average molecular weight is 412 g/mol. The molecule has 5 atom stereocenters. The van der Waals surface area contributed by atoms with E-state index in [0.29, 0.717) is 17.1 Å². The van der Waals surface area contributed by atoms with Crippen LogP contribution < -0.4 is 9.47 Å². The molecule has 158 valence electrons. The van der Waals surface area contributed by atoms with Gasteiger partial charge < -0.3 is 14.2 Å². The van der Waals surface area contributed by atoms with E-state index in [0.717, 1.165) is 11.4 Å². The van der Waals surface area contributed by atoms with Crippen molar-refractivity contribution < 1.29 is 28.6 Å². The molecule has 4 rings (SSSR count). The summed E-state index contributed by atoms with van der Waals surface area (Å²) in [7, 11) is 1.48. The first-order valence-electron chi connectivity index (χ1n) is 10.1. The zero-order valence-corrected chi connectivity index (χ0v) is 17.1. The summed E-state index contributed by atoms with van der Waals surface area (Å²) in [5, 5.41) is 5.17. The fourth-order valence-electron chi connectivity index (χ4n) is 4.48. The number of allylic oxidation sites excluding steroid dienone is 2. The quantitative estimate of drug-likeness (QED) is 0.295. The summed E-state index contributed by atoms with van der Waals surface area (Å²) in [6.45, 7) is 3.59. The summed E-state index contributed by atoms with van der Waals surface area (Å²) in [6.07, 6.45) is 5.64. The van der Waals surface area contributed by atoms with Gasteiger partial charge in [-0.25, -0.2) is 4.79 Å². The van der Waals surface area contributed by atoms with Crippen LogP contribution in [0.4, 0.5) is 0 Å². The smallest absolute Gasteiger partial charge is 0.347 e. The van der Waals surface area contributed by atoms with E-state index in [4.69, 9.17) is 14.2 Å². The van der Waals surface area contributed by atoms with Crippen LogP contribution >= 0.6 is 0 Å². The lowest BCUT2D eigenvalue weighted by Gasteiger charge is -2.16. The number of rotatable bonds is 7. The molecule has 0 spiro atoms. The Morgan fingerprint density at radius 3 is 2.47 bits per heavy atom. The first kappa shape index (κ1) is 20.1. The number of nitrogens with zero attached hydrogens (tertiary/aromatic N) is 2. The number of amides is 2. The van der Waals surface area contributed by atoms with Crippen LogP contribution in [0, 0.1) is 23.7 Å². The maximum atomic E-state index is 12.7. The minimum Gasteiger partial charge on any atom is -0.493 e. The number of hydrazone groups is 1. The van der Waals surface area contributed by atoms with Gasteiger partial charge in [0.2, 0.25) is 0 Å². The van der Waals surface area contributed by atoms with Crippen molar-refractivity contribution in [1.29, 1.82) is 0 Å². The molecule has 0 aromatic heterocycles. The Bertz CT molecular complexity index is 910. The summed E-state index contributed by atoms with van der Waals surface area (Å²) in [5.74, 6) is -0.413. The van der Waals surface area contributed by atoms with Crippen LogP contribution in [0.1, 0.15) is 25.8 Å². The number of esters is 1. The summed E-state index contributed by atoms with van der Waals surface area (Å²) in [6, 6.07) is 5.01. The van der Waals surface area contributed by atoms with Gasteiger partial charge in [0.25, 0.3) is 11.8 Å². The van der Waals surface area contributed by atoms with E-state index in [9.17, 15) is 14.4 Å². The highest BCUT2D eigenvalue weighted by molar-refractivity contribution is 6.06. The fourth-order valence-corrected chi connectivity index (χ4v) is 4.48. The molecule has 1 aromatic carbocycles. The Morgan fingerprint density at radius 2 is 1.87 bits per heavy atom. The topological polar surface area (TPSA) is 94.5 Å². The molecular weight excluding hydrogens is 388 g/mol. The zero-order valence-electron chi connectivity index (χ0n) is 17.1. The molecule has 0 N–H and O–H groups in total. The van der Waals surface area contributed by atoms with Crippen LogP contribution in [-0.4, -0.2) is 48.8 Å². The lowest BCUT2D eigenvalue weighted by Crippen LogP contribution is -2.28. The number of imide groups is 1. The molecule has 1 aliphatic heterocycles. The van der Waals surface area contributed by atoms with Crippen LogP contribution in [0.3, 0.4) is 0 Å². The minimum atomic E-state index is -0.790. The number of hydrogen-bond donors (Lipinski definition) is 0. The number of methoxy groups -OCH3 is 1. The Hall–Kier alpha value is -3.16. The average Bonchev–Trinajstić information content (AvgIpc) is 3.42. The van der Waals surface area contributed by atoms with Gasteiger partial charge in [-0.2, -0.15) is 10.1 Å². The highest BCUT2D eigenvalue weighted by Crippen LogP contribution is 2.52. The van der Waals surface area contributed by atoms with E-state index >= 15 is 0 Å². The lowest BCUT2D eigenvalue weighted by atomic mass is 9.85. The third kappa shape index (κ3) is 3.36. The van der Waals surface area contributed by atoms with Crippen LogP contribution in [0.15, 0.2) is 35.5 Å². The van der Waals surface area contributed by atoms with Crippen LogP contribution in [0.2, 0.25) is 0 Å². The monoisotopic (exact) mass is 412 g/mol. The first-order chi connectivity index (χ1) is 14.4. The molecule has 2 bridgehead atoms. The molecular formula is C22H24N2O6. The molecule has 8 nitrogen and oxygen atoms in total. The Balaban J connectivity index is 1.47. The van der Waals surface area contributed by atoms with Gasteiger partial charge in [-0.05, 0) is 55.9 Å². The van der Waals surface area contributed by atoms with E-state index in [1.165, 1.54) is 13.3 Å². The van der Waals surface area contributed by atoms with Crippen LogP contribution in [0.25, 0.3) is 0 Å². The number of hydrogen-bond acceptors (Lipinski definition) is 7. The zero-order chi connectivity index (χ0) is 21.4. The summed E-state index contributed by atoms with van der Waals surface area (Å²) >= 11 is 0. The van der Waals surface area contributed by atoms with Gasteiger partial charge in [0.1, 0.15) is 0 Å². The van der Waals surface area contributed by atoms with Crippen molar-refractivity contribution in [3.63, 3.8) is 0 Å². The second kappa shape index (κ2) is 7.93. The molecule has 2 aliphatic carbocycles. The van der Waals surface area contributed by atoms with Gasteiger partial charge in [-0.3, -0.25) is 9.59 Å². The molecule has 30 heavy (non-hydrogen) atoms. The van der Waals surface area contributed by atoms with Crippen LogP contribution in [0.5, 0.6) is 11.5 Å². The number of fused-ring (bicyclic) bond motifs is 5. The van der Waals surface area contributed by atoms with Gasteiger partial charge in [0.15, 0.2) is 17.6 Å². The summed E-state index contributed by atoms with van der Waals surface area (Å²) in [4.78, 5) is 37.2. The standard InChI is InChI=1S/C22H24N2O6/c1-4-29-22(27)12(2)30-16-8-5-13(9-17(16)28-3)11-23-24-20(25)18-14-6-7-15(10-14)19(18)21(24)26/h5-9,11-12,14-15,18-19H,4,10H2,1-3H3. The van der Waals surface area contributed by atoms with Gasteiger partial charge in [-0.1, -0.05) is 12.2 Å². The normalized spacial score (nSPS) is 27.6. The largest absolute Gasteiger partial charge is 0.493 e. The van der Waals surface area contributed by atoms with Crippen molar-refractivity contribution in [2.24, 2.45) is 28.8 Å². The Morgan fingerprint density at radius 1 is 1.20 bits per heavy atom. The van der Waals surface area contributed by atoms with Crippen LogP contribution in [-0.2, 0) is 19.1 Å². The van der Waals surface area contributed by atoms with Gasteiger partial charge in [0, 0.05) is 0 Å². The molecule has 5 unspecified atom stereocenters. The molecule has 1 saturated heterocycles. The van der Waals surface area contributed by atoms with Crippen molar-refractivity contribution in [2.75, 3.05) is 13.7 Å². The molecule has 2 fully saturated rings. The highest BCUT2D eigenvalue weighted by atomic mass is 16.6. The van der Waals surface area contributed by atoms with Crippen molar-refractivity contribution >= 4 is 24.0 Å². The van der Waals surface area contributed by atoms with Crippen molar-refractivity contribution in [1.82, 2.24) is 5.01 Å². The van der Waals surface area contributed by atoms with E-state index in [2.05, 4.69) is 5.10 Å². The van der Waals surface area contributed by atoms with Crippen molar-refractivity contribution in [3.8, 4) is 11.5 Å². The molecule has 2 amide bonds. The predicted molar refractivity (Wildman–Crippen MR) is 107 cm³/mol. The first-order valence-corrected chi connectivity index (χ1v) is 10.1. The molecule has 1 aromatic rings. The lowest BCUT2D eigenvalue weighted by molar-refractivity contribution is -0.150. The van der Waals surface area contributed by atoms with E-state index < -0.39 is 12.1 Å². The van der Waals surface area contributed by atoms with E-state index in [-0.39, 0.29) is 42.1 Å². The third-order valence-electron chi connectivity index (χ3n) is 5.88. The fraction of sp³-hybridized carbons (Fsp3) is 0.455. The molecule has 1 saturated carbocycles. The molecule has 0 radical (unpaired) electrons. The highest BCUT2D eigenvalue weighted by Gasteiger charge is 2.59. The van der Waals surface area contributed by atoms with Crippen molar-refractivity contribution in [2.45, 2.75) is 26.4 Å². The maximum Gasteiger partial charge on any atom is 0.347 e. The SMILES string of the molecule is CCOC(=O)C(C)Oc1ccc(C=NN2C(=O)C3C4C=CC(C4)C3C2=O)cc1OC. The summed E-state index contributed by atoms with van der Waals surface area (Å²) < 4.78 is 15.9. The number of carbonyl (C=O) groups is 3. The molecule has 3 aliphatic rings. The van der Waals surface area contributed by atoms with Gasteiger partial charge >= 0.3 is 5.97 Å². The van der Waals surface area contributed by atoms with Gasteiger partial charge in [-0.15, -0.1) is 0 Å². The minimum absolute atomic E-state index is 0.148. The number of ether oxygens (including phenoxy) is 3. The second-order valence-corrected chi connectivity index (χ2v) is 7.66. The number of carbonyl (C=O) groups excluding carboxylic acids is 3. The predicted octanol–water partition coefficient (Wildman–Crippen LogP) is 2.17. The number of benzene rings is 1. The van der Waals surface area contributed by atoms with E-state index in [1.54, 1.807) is 32.0 Å². The molecule has 8 heteroatoms. The molecule has 1 heterocycles. The van der Waals surface area contributed by atoms with Crippen molar-refractivity contribution in [3.05, 3.63) is 35.9 Å². The van der Waals surface area contributed by atoms with Gasteiger partial charge in [0.05, 0.1) is 31.8 Å². The van der Waals surface area contributed by atoms with E-state index in [1.807, 2.05) is 12.2 Å².